The predicted molar refractivity (Wildman–Crippen MR) is 75.1 cm³/mol. The van der Waals surface area contributed by atoms with Crippen molar-refractivity contribution < 1.29 is 9.90 Å². The van der Waals surface area contributed by atoms with E-state index in [1.165, 1.54) is 0 Å². The van der Waals surface area contributed by atoms with Crippen LogP contribution >= 0.6 is 0 Å². The molecule has 1 aromatic rings. The van der Waals surface area contributed by atoms with Crippen LogP contribution in [-0.4, -0.2) is 54.0 Å². The van der Waals surface area contributed by atoms with Gasteiger partial charge < -0.3 is 14.9 Å². The molecule has 4 heteroatoms. The molecule has 1 heterocycles. The smallest absolute Gasteiger partial charge is 0.227 e. The molecular formula is C15H22N2O2. The van der Waals surface area contributed by atoms with E-state index in [-0.39, 0.29) is 11.7 Å². The molecule has 19 heavy (non-hydrogen) atoms. The average molecular weight is 262 g/mol. The summed E-state index contributed by atoms with van der Waals surface area (Å²) in [5, 5.41) is 9.42. The highest BCUT2D eigenvalue weighted by Crippen LogP contribution is 2.16. The van der Waals surface area contributed by atoms with Crippen LogP contribution in [-0.2, 0) is 11.2 Å². The maximum atomic E-state index is 12.3. The Bertz CT molecular complexity index is 446. The second kappa shape index (κ2) is 6.06. The Balaban J connectivity index is 1.96. The van der Waals surface area contributed by atoms with Gasteiger partial charge in [0.2, 0.25) is 5.91 Å². The van der Waals surface area contributed by atoms with Crippen LogP contribution in [0.4, 0.5) is 0 Å². The molecule has 0 aromatic heterocycles. The van der Waals surface area contributed by atoms with E-state index in [1.54, 1.807) is 18.2 Å². The molecule has 0 radical (unpaired) electrons. The van der Waals surface area contributed by atoms with Crippen molar-refractivity contribution in [2.45, 2.75) is 25.3 Å². The monoisotopic (exact) mass is 262 g/mol. The van der Waals surface area contributed by atoms with Gasteiger partial charge in [-0.15, -0.1) is 0 Å². The maximum absolute atomic E-state index is 12.3. The van der Waals surface area contributed by atoms with Gasteiger partial charge in [0.05, 0.1) is 6.42 Å². The predicted octanol–water partition coefficient (Wildman–Crippen LogP) is 1.49. The third kappa shape index (κ3) is 3.70. The second-order valence-corrected chi connectivity index (χ2v) is 5.45. The minimum absolute atomic E-state index is 0.150. The third-order valence-corrected chi connectivity index (χ3v) is 3.75. The molecule has 1 N–H and O–H groups in total. The summed E-state index contributed by atoms with van der Waals surface area (Å²) < 4.78 is 0. The van der Waals surface area contributed by atoms with Gasteiger partial charge in [0.15, 0.2) is 0 Å². The first-order chi connectivity index (χ1) is 9.06. The molecule has 4 nitrogen and oxygen atoms in total. The number of phenolic OH excluding ortho intramolecular Hbond substituents is 1. The molecule has 0 aliphatic carbocycles. The van der Waals surface area contributed by atoms with Gasteiger partial charge >= 0.3 is 0 Å². The Kier molecular flexibility index (Phi) is 4.43. The van der Waals surface area contributed by atoms with E-state index in [0.29, 0.717) is 12.5 Å². The summed E-state index contributed by atoms with van der Waals surface area (Å²) in [7, 11) is 4.13. The topological polar surface area (TPSA) is 43.8 Å². The first-order valence-corrected chi connectivity index (χ1v) is 6.78. The number of amides is 1. The minimum atomic E-state index is 0.150. The zero-order valence-corrected chi connectivity index (χ0v) is 11.7. The standard InChI is InChI=1S/C15H22N2O2/c1-16(2)13-6-4-8-17(11-13)15(19)10-12-5-3-7-14(18)9-12/h3,5,7,9,13,18H,4,6,8,10-11H2,1-2H3. The lowest BCUT2D eigenvalue weighted by Crippen LogP contribution is -2.47. The van der Waals surface area contributed by atoms with Crippen molar-refractivity contribution >= 4 is 5.91 Å². The number of likely N-dealkylation sites (N-methyl/N-ethyl adjacent to an activating group) is 1. The number of aromatic hydroxyl groups is 1. The highest BCUT2D eigenvalue weighted by molar-refractivity contribution is 5.79. The lowest BCUT2D eigenvalue weighted by molar-refractivity contribution is -0.132. The molecule has 0 bridgehead atoms. The van der Waals surface area contributed by atoms with Gasteiger partial charge in [0.25, 0.3) is 0 Å². The number of carbonyl (C=O) groups excluding carboxylic acids is 1. The van der Waals surface area contributed by atoms with Crippen molar-refractivity contribution in [3.8, 4) is 5.75 Å². The quantitative estimate of drug-likeness (QED) is 0.897. The van der Waals surface area contributed by atoms with Crippen molar-refractivity contribution in [3.05, 3.63) is 29.8 Å². The van der Waals surface area contributed by atoms with Crippen LogP contribution in [0.5, 0.6) is 5.75 Å². The molecule has 104 valence electrons. The van der Waals surface area contributed by atoms with E-state index < -0.39 is 0 Å². The molecule has 1 amide bonds. The van der Waals surface area contributed by atoms with Gasteiger partial charge in [-0.3, -0.25) is 4.79 Å². The lowest BCUT2D eigenvalue weighted by Gasteiger charge is -2.36. The number of benzene rings is 1. The van der Waals surface area contributed by atoms with Crippen LogP contribution < -0.4 is 0 Å². The van der Waals surface area contributed by atoms with Crippen LogP contribution in [0, 0.1) is 0 Å². The lowest BCUT2D eigenvalue weighted by atomic mass is 10.0. The van der Waals surface area contributed by atoms with Crippen LogP contribution in [0.15, 0.2) is 24.3 Å². The number of hydrogen-bond acceptors (Lipinski definition) is 3. The van der Waals surface area contributed by atoms with E-state index in [0.717, 1.165) is 31.5 Å². The Labute approximate surface area is 114 Å². The fourth-order valence-corrected chi connectivity index (χ4v) is 2.56. The Morgan fingerprint density at radius 3 is 2.95 bits per heavy atom. The third-order valence-electron chi connectivity index (χ3n) is 3.75. The molecule has 1 aliphatic heterocycles. The summed E-state index contributed by atoms with van der Waals surface area (Å²) in [6.45, 7) is 1.66. The molecule has 1 fully saturated rings. The summed E-state index contributed by atoms with van der Waals surface area (Å²) in [5.74, 6) is 0.368. The van der Waals surface area contributed by atoms with Crippen LogP contribution in [0.3, 0.4) is 0 Å². The van der Waals surface area contributed by atoms with Crippen molar-refractivity contribution in [2.24, 2.45) is 0 Å². The normalized spacial score (nSPS) is 19.7. The summed E-state index contributed by atoms with van der Waals surface area (Å²) in [6, 6.07) is 7.39. The van der Waals surface area contributed by atoms with Gasteiger partial charge in [-0.1, -0.05) is 12.1 Å². The maximum Gasteiger partial charge on any atom is 0.227 e. The number of nitrogens with zero attached hydrogens (tertiary/aromatic N) is 2. The number of hydrogen-bond donors (Lipinski definition) is 1. The SMILES string of the molecule is CN(C)C1CCCN(C(=O)Cc2cccc(O)c2)C1. The second-order valence-electron chi connectivity index (χ2n) is 5.45. The molecule has 1 atom stereocenters. The van der Waals surface area contributed by atoms with Gasteiger partial charge in [0.1, 0.15) is 5.75 Å². The first-order valence-electron chi connectivity index (χ1n) is 6.78. The van der Waals surface area contributed by atoms with Gasteiger partial charge in [0, 0.05) is 19.1 Å². The van der Waals surface area contributed by atoms with E-state index in [1.807, 2.05) is 11.0 Å². The fraction of sp³-hybridized carbons (Fsp3) is 0.533. The number of piperidine rings is 1. The zero-order valence-electron chi connectivity index (χ0n) is 11.7. The van der Waals surface area contributed by atoms with Gasteiger partial charge in [-0.05, 0) is 44.6 Å². The fourth-order valence-electron chi connectivity index (χ4n) is 2.56. The Morgan fingerprint density at radius 2 is 2.26 bits per heavy atom. The summed E-state index contributed by atoms with van der Waals surface area (Å²) in [6.07, 6.45) is 2.59. The number of carbonyl (C=O) groups is 1. The Hall–Kier alpha value is -1.55. The number of rotatable bonds is 3. The molecule has 1 aromatic carbocycles. The molecule has 0 saturated carbocycles. The van der Waals surface area contributed by atoms with Crippen molar-refractivity contribution in [3.63, 3.8) is 0 Å². The highest BCUT2D eigenvalue weighted by atomic mass is 16.3. The van der Waals surface area contributed by atoms with Gasteiger partial charge in [-0.25, -0.2) is 0 Å². The number of phenols is 1. The molecule has 1 unspecified atom stereocenters. The van der Waals surface area contributed by atoms with E-state index in [4.69, 9.17) is 0 Å². The van der Waals surface area contributed by atoms with E-state index in [9.17, 15) is 9.90 Å². The van der Waals surface area contributed by atoms with E-state index in [2.05, 4.69) is 19.0 Å². The molecule has 0 spiro atoms. The Morgan fingerprint density at radius 1 is 1.47 bits per heavy atom. The number of likely N-dealkylation sites (tertiary alicyclic amines) is 1. The first kappa shape index (κ1) is 13.9. The van der Waals surface area contributed by atoms with Crippen LogP contribution in [0.25, 0.3) is 0 Å². The summed E-state index contributed by atoms with van der Waals surface area (Å²) >= 11 is 0. The summed E-state index contributed by atoms with van der Waals surface area (Å²) in [4.78, 5) is 16.4. The van der Waals surface area contributed by atoms with Crippen LogP contribution in [0.1, 0.15) is 18.4 Å². The van der Waals surface area contributed by atoms with Gasteiger partial charge in [-0.2, -0.15) is 0 Å². The largest absolute Gasteiger partial charge is 0.508 e. The highest BCUT2D eigenvalue weighted by Gasteiger charge is 2.24. The zero-order chi connectivity index (χ0) is 13.8. The molecule has 2 rings (SSSR count). The average Bonchev–Trinajstić information content (AvgIpc) is 2.39. The van der Waals surface area contributed by atoms with Crippen molar-refractivity contribution in [1.82, 2.24) is 9.80 Å². The van der Waals surface area contributed by atoms with Crippen molar-refractivity contribution in [1.29, 1.82) is 0 Å². The summed E-state index contributed by atoms with van der Waals surface area (Å²) in [5.41, 5.74) is 0.872. The van der Waals surface area contributed by atoms with Crippen molar-refractivity contribution in [2.75, 3.05) is 27.2 Å². The molecular weight excluding hydrogens is 240 g/mol. The minimum Gasteiger partial charge on any atom is -0.508 e. The van der Waals surface area contributed by atoms with E-state index >= 15 is 0 Å². The molecule has 1 saturated heterocycles. The molecule has 1 aliphatic rings. The van der Waals surface area contributed by atoms with Crippen LogP contribution in [0.2, 0.25) is 0 Å².